The quantitative estimate of drug-likeness (QED) is 0.765. The van der Waals surface area contributed by atoms with Crippen LogP contribution in [0.5, 0.6) is 0 Å². The lowest BCUT2D eigenvalue weighted by Crippen LogP contribution is -2.26. The van der Waals surface area contributed by atoms with Gasteiger partial charge in [0.25, 0.3) is 0 Å². The van der Waals surface area contributed by atoms with Crippen molar-refractivity contribution in [2.24, 2.45) is 16.4 Å². The number of carbonyl (C=O) groups excluding carboxylic acids is 1. The summed E-state index contributed by atoms with van der Waals surface area (Å²) in [5.74, 6) is 0.780. The Balaban J connectivity index is 1.87. The zero-order chi connectivity index (χ0) is 14.0. The number of rotatable bonds is 2. The van der Waals surface area contributed by atoms with Gasteiger partial charge in [0, 0.05) is 5.70 Å². The number of hydrogen-bond acceptors (Lipinski definition) is 4. The molecule has 0 aromatic carbocycles. The van der Waals surface area contributed by atoms with Crippen molar-refractivity contribution < 1.29 is 4.79 Å². The van der Waals surface area contributed by atoms with E-state index in [1.54, 1.807) is 0 Å². The molecule has 2 N–H and O–H groups in total. The fraction of sp³-hybridized carbons (Fsp3) is 0.714. The van der Waals surface area contributed by atoms with Gasteiger partial charge in [-0.05, 0) is 37.5 Å². The molecule has 2 atom stereocenters. The smallest absolute Gasteiger partial charge is 0.239 e. The third kappa shape index (κ3) is 3.75. The Morgan fingerprint density at radius 3 is 2.68 bits per heavy atom. The van der Waals surface area contributed by atoms with E-state index >= 15 is 0 Å². The summed E-state index contributed by atoms with van der Waals surface area (Å²) < 4.78 is 0. The van der Waals surface area contributed by atoms with Crippen LogP contribution in [0.15, 0.2) is 16.9 Å². The molecule has 1 saturated heterocycles. The van der Waals surface area contributed by atoms with E-state index in [1.807, 2.05) is 6.92 Å². The molecule has 0 spiro atoms. The lowest BCUT2D eigenvalue weighted by molar-refractivity contribution is -0.118. The predicted molar refractivity (Wildman–Crippen MR) is 80.6 cm³/mol. The Kier molecular flexibility index (Phi) is 4.23. The summed E-state index contributed by atoms with van der Waals surface area (Å²) in [6.07, 6.45) is 5.58. The average Bonchev–Trinajstić information content (AvgIpc) is 2.66. The minimum atomic E-state index is -0.0360. The first-order valence-electron chi connectivity index (χ1n) is 6.86. The highest BCUT2D eigenvalue weighted by Crippen LogP contribution is 2.36. The Bertz CT molecular complexity index is 423. The van der Waals surface area contributed by atoms with Crippen molar-refractivity contribution in [2.75, 3.05) is 0 Å². The zero-order valence-corrected chi connectivity index (χ0v) is 12.9. The summed E-state index contributed by atoms with van der Waals surface area (Å²) in [7, 11) is 0. The van der Waals surface area contributed by atoms with Crippen LogP contribution in [0.3, 0.4) is 0 Å². The lowest BCUT2D eigenvalue weighted by atomic mass is 9.74. The highest BCUT2D eigenvalue weighted by molar-refractivity contribution is 8.15. The average molecular weight is 281 g/mol. The summed E-state index contributed by atoms with van der Waals surface area (Å²) in [5, 5.41) is 7.67. The molecule has 0 radical (unpaired) electrons. The van der Waals surface area contributed by atoms with Crippen LogP contribution in [0.1, 0.15) is 47.0 Å². The maximum atomic E-state index is 11.3. The van der Waals surface area contributed by atoms with Crippen LogP contribution in [0, 0.1) is 11.3 Å². The second-order valence-corrected chi connectivity index (χ2v) is 7.67. The van der Waals surface area contributed by atoms with Gasteiger partial charge in [0.1, 0.15) is 0 Å². The van der Waals surface area contributed by atoms with E-state index < -0.39 is 0 Å². The molecule has 19 heavy (non-hydrogen) atoms. The molecular weight excluding hydrogens is 258 g/mol. The van der Waals surface area contributed by atoms with E-state index in [0.29, 0.717) is 10.6 Å². The number of carbonyl (C=O) groups is 1. The van der Waals surface area contributed by atoms with Gasteiger partial charge in [0.05, 0.1) is 5.25 Å². The van der Waals surface area contributed by atoms with Crippen molar-refractivity contribution in [1.29, 1.82) is 0 Å². The summed E-state index contributed by atoms with van der Waals surface area (Å²) >= 11 is 1.47. The molecule has 1 amide bonds. The molecule has 5 heteroatoms. The van der Waals surface area contributed by atoms with E-state index in [-0.39, 0.29) is 11.2 Å². The molecule has 0 aromatic heterocycles. The molecule has 0 bridgehead atoms. The molecule has 2 aliphatic rings. The van der Waals surface area contributed by atoms with Gasteiger partial charge in [0.2, 0.25) is 5.91 Å². The maximum Gasteiger partial charge on any atom is 0.239 e. The predicted octanol–water partition coefficient (Wildman–Crippen LogP) is 2.83. The molecule has 1 fully saturated rings. The molecule has 0 saturated carbocycles. The second-order valence-electron chi connectivity index (χ2n) is 6.34. The van der Waals surface area contributed by atoms with Gasteiger partial charge in [0.15, 0.2) is 5.17 Å². The first-order chi connectivity index (χ1) is 8.86. The highest BCUT2D eigenvalue weighted by Gasteiger charge is 2.27. The molecule has 1 heterocycles. The topological polar surface area (TPSA) is 53.5 Å². The number of allylic oxidation sites excluding steroid dienone is 2. The molecule has 106 valence electrons. The fourth-order valence-electron chi connectivity index (χ4n) is 2.36. The Labute approximate surface area is 119 Å². The third-order valence-electron chi connectivity index (χ3n) is 3.82. The third-order valence-corrected chi connectivity index (χ3v) is 4.81. The van der Waals surface area contributed by atoms with E-state index in [2.05, 4.69) is 42.7 Å². The largest absolute Gasteiger partial charge is 0.303 e. The van der Waals surface area contributed by atoms with Gasteiger partial charge in [-0.3, -0.25) is 10.2 Å². The van der Waals surface area contributed by atoms with E-state index in [9.17, 15) is 4.79 Å². The van der Waals surface area contributed by atoms with Crippen LogP contribution in [0.25, 0.3) is 0 Å². The van der Waals surface area contributed by atoms with Crippen molar-refractivity contribution in [1.82, 2.24) is 10.7 Å². The van der Waals surface area contributed by atoms with Gasteiger partial charge in [-0.15, -0.1) is 0 Å². The van der Waals surface area contributed by atoms with E-state index in [0.717, 1.165) is 18.8 Å². The minimum Gasteiger partial charge on any atom is -0.303 e. The summed E-state index contributed by atoms with van der Waals surface area (Å²) in [5.41, 5.74) is 4.63. The van der Waals surface area contributed by atoms with Gasteiger partial charge in [-0.25, -0.2) is 0 Å². The van der Waals surface area contributed by atoms with Gasteiger partial charge < -0.3 is 5.32 Å². The van der Waals surface area contributed by atoms with Crippen molar-refractivity contribution in [2.45, 2.75) is 52.2 Å². The highest BCUT2D eigenvalue weighted by atomic mass is 32.2. The lowest BCUT2D eigenvalue weighted by Gasteiger charge is -2.33. The summed E-state index contributed by atoms with van der Waals surface area (Å²) in [6, 6.07) is 0. The van der Waals surface area contributed by atoms with Crippen molar-refractivity contribution >= 4 is 22.8 Å². The number of nitrogens with one attached hydrogen (secondary N) is 2. The monoisotopic (exact) mass is 281 g/mol. The standard InChI is InChI=1S/C14H23N3OS/c1-9-12(18)15-13(19-9)17-16-11-7-5-10(6-8-11)14(2,3)4/h7,9-10,16H,5-6,8H2,1-4H3,(H,15,17,18). The summed E-state index contributed by atoms with van der Waals surface area (Å²) in [6.45, 7) is 8.79. The number of hydrazone groups is 1. The molecular formula is C14H23N3OS. The van der Waals surface area contributed by atoms with Crippen LogP contribution in [0.4, 0.5) is 0 Å². The first-order valence-corrected chi connectivity index (χ1v) is 7.74. The Hall–Kier alpha value is -0.970. The number of nitrogens with zero attached hydrogens (tertiary/aromatic N) is 1. The van der Waals surface area contributed by atoms with Crippen LogP contribution < -0.4 is 10.7 Å². The molecule has 1 aliphatic heterocycles. The zero-order valence-electron chi connectivity index (χ0n) is 12.1. The SMILES string of the molecule is CC1SC(=NNC2=CCC(C(C)(C)C)CC2)NC1=O. The number of thioether (sulfide) groups is 1. The molecule has 1 aliphatic carbocycles. The maximum absolute atomic E-state index is 11.3. The number of amidine groups is 1. The molecule has 2 rings (SSSR count). The molecule has 0 aromatic rings. The fourth-order valence-corrected chi connectivity index (χ4v) is 3.12. The van der Waals surface area contributed by atoms with E-state index in [4.69, 9.17) is 0 Å². The normalized spacial score (nSPS) is 30.2. The Morgan fingerprint density at radius 1 is 1.47 bits per heavy atom. The molecule has 4 nitrogen and oxygen atoms in total. The minimum absolute atomic E-state index is 0.0360. The van der Waals surface area contributed by atoms with Crippen molar-refractivity contribution in [3.05, 3.63) is 11.8 Å². The van der Waals surface area contributed by atoms with Crippen LogP contribution in [-0.2, 0) is 4.79 Å². The van der Waals surface area contributed by atoms with Crippen molar-refractivity contribution in [3.8, 4) is 0 Å². The van der Waals surface area contributed by atoms with Crippen molar-refractivity contribution in [3.63, 3.8) is 0 Å². The van der Waals surface area contributed by atoms with E-state index in [1.165, 1.54) is 23.9 Å². The van der Waals surface area contributed by atoms with Crippen LogP contribution in [0.2, 0.25) is 0 Å². The molecule has 2 unspecified atom stereocenters. The summed E-state index contributed by atoms with van der Waals surface area (Å²) in [4.78, 5) is 11.3. The number of amides is 1. The van der Waals surface area contributed by atoms with Crippen LogP contribution in [-0.4, -0.2) is 16.3 Å². The second kappa shape index (κ2) is 5.57. The first kappa shape index (κ1) is 14.4. The van der Waals surface area contributed by atoms with Crippen LogP contribution >= 0.6 is 11.8 Å². The number of hydrogen-bond donors (Lipinski definition) is 2. The van der Waals surface area contributed by atoms with Gasteiger partial charge >= 0.3 is 0 Å². The van der Waals surface area contributed by atoms with Gasteiger partial charge in [-0.1, -0.05) is 38.6 Å². The van der Waals surface area contributed by atoms with Gasteiger partial charge in [-0.2, -0.15) is 5.10 Å². The Morgan fingerprint density at radius 2 is 2.21 bits per heavy atom.